The van der Waals surface area contributed by atoms with E-state index in [0.717, 1.165) is 51.4 Å². The second-order valence-corrected chi connectivity index (χ2v) is 18.7. The van der Waals surface area contributed by atoms with Crippen LogP contribution in [0.2, 0.25) is 0 Å². The summed E-state index contributed by atoms with van der Waals surface area (Å²) in [4.78, 5) is 13.0. The first-order valence-corrected chi connectivity index (χ1v) is 26.7. The third kappa shape index (κ3) is 34.4. The summed E-state index contributed by atoms with van der Waals surface area (Å²) in [6.07, 6.45) is 49.1. The van der Waals surface area contributed by atoms with E-state index in [-0.39, 0.29) is 12.5 Å². The minimum absolute atomic E-state index is 0.190. The van der Waals surface area contributed by atoms with E-state index in [1.54, 1.807) is 6.08 Å². The van der Waals surface area contributed by atoms with E-state index in [0.29, 0.717) is 6.42 Å². The third-order valence-electron chi connectivity index (χ3n) is 12.7. The highest BCUT2D eigenvalue weighted by atomic mass is 16.7. The van der Waals surface area contributed by atoms with Gasteiger partial charge in [0.1, 0.15) is 24.4 Å². The summed E-state index contributed by atoms with van der Waals surface area (Å²) >= 11 is 0. The lowest BCUT2D eigenvalue weighted by molar-refractivity contribution is -0.302. The zero-order valence-corrected chi connectivity index (χ0v) is 40.8. The first-order valence-electron chi connectivity index (χ1n) is 26.7. The summed E-state index contributed by atoms with van der Waals surface area (Å²) in [5, 5.41) is 54.4. The Hall–Kier alpha value is -1.59. The van der Waals surface area contributed by atoms with Crippen molar-refractivity contribution in [2.75, 3.05) is 13.2 Å². The van der Waals surface area contributed by atoms with Crippen molar-refractivity contribution in [3.05, 3.63) is 36.5 Å². The minimum atomic E-state index is -1.57. The summed E-state index contributed by atoms with van der Waals surface area (Å²) in [6, 6.07) is -0.823. The number of rotatable bonds is 45. The number of aliphatic hydroxyl groups excluding tert-OH is 5. The molecule has 7 atom stereocenters. The lowest BCUT2D eigenvalue weighted by Crippen LogP contribution is -2.60. The molecule has 1 aliphatic heterocycles. The molecule has 0 aromatic heterocycles. The van der Waals surface area contributed by atoms with Crippen molar-refractivity contribution in [3.8, 4) is 0 Å². The predicted molar refractivity (Wildman–Crippen MR) is 263 cm³/mol. The first-order chi connectivity index (χ1) is 30.8. The number of carbonyl (C=O) groups is 1. The molecule has 0 bridgehead atoms. The molecule has 1 rings (SSSR count). The lowest BCUT2D eigenvalue weighted by atomic mass is 9.99. The average molecular weight is 892 g/mol. The van der Waals surface area contributed by atoms with Gasteiger partial charge in [0.2, 0.25) is 5.91 Å². The number of carbonyl (C=O) groups excluding carboxylic acids is 1. The number of aliphatic hydroxyl groups is 5. The highest BCUT2D eigenvalue weighted by molar-refractivity contribution is 5.76. The summed E-state index contributed by atoms with van der Waals surface area (Å²) < 4.78 is 11.2. The Labute approximate surface area is 387 Å². The van der Waals surface area contributed by atoms with Crippen LogP contribution in [0.15, 0.2) is 36.5 Å². The Bertz CT molecular complexity index is 1080. The predicted octanol–water partition coefficient (Wildman–Crippen LogP) is 12.4. The molecule has 0 aromatic carbocycles. The molecule has 1 saturated heterocycles. The van der Waals surface area contributed by atoms with E-state index >= 15 is 0 Å². The van der Waals surface area contributed by atoms with Gasteiger partial charge in [-0.25, -0.2) is 0 Å². The monoisotopic (exact) mass is 892 g/mol. The first kappa shape index (κ1) is 59.4. The molecule has 0 spiro atoms. The Kier molecular flexibility index (Phi) is 41.7. The van der Waals surface area contributed by atoms with E-state index in [2.05, 4.69) is 43.5 Å². The fourth-order valence-electron chi connectivity index (χ4n) is 8.40. The molecule has 1 aliphatic rings. The number of ether oxygens (including phenoxy) is 2. The zero-order valence-electron chi connectivity index (χ0n) is 40.8. The summed E-state index contributed by atoms with van der Waals surface area (Å²) in [5.74, 6) is -0.190. The molecule has 0 radical (unpaired) electrons. The lowest BCUT2D eigenvalue weighted by Gasteiger charge is -2.40. The molecule has 7 unspecified atom stereocenters. The maximum Gasteiger partial charge on any atom is 0.220 e. The van der Waals surface area contributed by atoms with E-state index in [9.17, 15) is 30.3 Å². The molecule has 370 valence electrons. The van der Waals surface area contributed by atoms with Gasteiger partial charge in [-0.05, 0) is 57.8 Å². The zero-order chi connectivity index (χ0) is 45.9. The number of amides is 1. The number of allylic oxidation sites excluding steroid dienone is 5. The van der Waals surface area contributed by atoms with Gasteiger partial charge in [0.05, 0.1) is 25.4 Å². The van der Waals surface area contributed by atoms with Gasteiger partial charge in [-0.15, -0.1) is 0 Å². The standard InChI is InChI=1S/C54H101NO8/c1-3-5-7-9-11-13-15-17-19-21-22-23-24-25-26-28-29-31-33-35-37-39-41-43-48(57)47(46-62-54-53(61)52(60)51(59)49(45-56)63-54)55-50(58)44-42-40-38-36-34-32-30-27-20-18-16-14-12-10-8-6-4-2/h18,20,33,35,41,43,47-49,51-54,56-57,59-61H,3-17,19,21-32,34,36-40,42,44-46H2,1-2H3,(H,55,58)/b20-18-,35-33+,43-41+. The fraction of sp³-hybridized carbons (Fsp3) is 0.870. The van der Waals surface area contributed by atoms with Gasteiger partial charge in [-0.1, -0.05) is 217 Å². The van der Waals surface area contributed by atoms with E-state index < -0.39 is 49.5 Å². The van der Waals surface area contributed by atoms with Crippen LogP contribution in [0.1, 0.15) is 245 Å². The molecule has 0 aliphatic carbocycles. The van der Waals surface area contributed by atoms with Gasteiger partial charge >= 0.3 is 0 Å². The van der Waals surface area contributed by atoms with Crippen molar-refractivity contribution in [3.63, 3.8) is 0 Å². The normalized spacial score (nSPS) is 20.4. The molecular weight excluding hydrogens is 791 g/mol. The molecule has 1 fully saturated rings. The quantitative estimate of drug-likeness (QED) is 0.0261. The van der Waals surface area contributed by atoms with Crippen LogP contribution in [0.3, 0.4) is 0 Å². The second kappa shape index (κ2) is 44.3. The molecule has 0 saturated carbocycles. The molecule has 1 heterocycles. The van der Waals surface area contributed by atoms with Crippen molar-refractivity contribution in [2.45, 2.75) is 288 Å². The van der Waals surface area contributed by atoms with Gasteiger partial charge in [-0.2, -0.15) is 0 Å². The van der Waals surface area contributed by atoms with E-state index in [4.69, 9.17) is 9.47 Å². The van der Waals surface area contributed by atoms with Crippen molar-refractivity contribution < 1.29 is 39.8 Å². The van der Waals surface area contributed by atoms with Crippen LogP contribution < -0.4 is 5.32 Å². The SMILES string of the molecule is CCCCCCCC/C=C\CCCCCCCCCC(=O)NC(COC1OC(CO)C(O)C(O)C1O)C(O)/C=C/CC/C=C/CCCCCCCCCCCCCCCCCCC. The molecule has 63 heavy (non-hydrogen) atoms. The van der Waals surface area contributed by atoms with Crippen molar-refractivity contribution in [1.82, 2.24) is 5.32 Å². The number of hydrogen-bond acceptors (Lipinski definition) is 8. The number of unbranched alkanes of at least 4 members (excludes halogenated alkanes) is 31. The Morgan fingerprint density at radius 3 is 1.33 bits per heavy atom. The highest BCUT2D eigenvalue weighted by Crippen LogP contribution is 2.23. The van der Waals surface area contributed by atoms with Crippen LogP contribution >= 0.6 is 0 Å². The van der Waals surface area contributed by atoms with Gasteiger partial charge in [0.25, 0.3) is 0 Å². The summed E-state index contributed by atoms with van der Waals surface area (Å²) in [7, 11) is 0. The number of nitrogens with one attached hydrogen (secondary N) is 1. The summed E-state index contributed by atoms with van der Waals surface area (Å²) in [5.41, 5.74) is 0. The second-order valence-electron chi connectivity index (χ2n) is 18.7. The van der Waals surface area contributed by atoms with E-state index in [1.165, 1.54) is 173 Å². The minimum Gasteiger partial charge on any atom is -0.394 e. The van der Waals surface area contributed by atoms with Gasteiger partial charge in [0.15, 0.2) is 6.29 Å². The molecule has 6 N–H and O–H groups in total. The van der Waals surface area contributed by atoms with Crippen LogP contribution in [0.25, 0.3) is 0 Å². The van der Waals surface area contributed by atoms with Crippen LogP contribution in [0.5, 0.6) is 0 Å². The molecule has 0 aromatic rings. The van der Waals surface area contributed by atoms with E-state index in [1.807, 2.05) is 6.08 Å². The fourth-order valence-corrected chi connectivity index (χ4v) is 8.40. The Morgan fingerprint density at radius 2 is 0.905 bits per heavy atom. The van der Waals surface area contributed by atoms with Crippen molar-refractivity contribution in [2.24, 2.45) is 0 Å². The number of hydrogen-bond donors (Lipinski definition) is 6. The van der Waals surface area contributed by atoms with Crippen LogP contribution in [-0.4, -0.2) is 87.5 Å². The highest BCUT2D eigenvalue weighted by Gasteiger charge is 2.44. The van der Waals surface area contributed by atoms with Crippen LogP contribution in [-0.2, 0) is 14.3 Å². The average Bonchev–Trinajstić information content (AvgIpc) is 3.28. The smallest absolute Gasteiger partial charge is 0.220 e. The van der Waals surface area contributed by atoms with Gasteiger partial charge < -0.3 is 40.3 Å². The van der Waals surface area contributed by atoms with Crippen molar-refractivity contribution in [1.29, 1.82) is 0 Å². The maximum atomic E-state index is 13.0. The molecule has 9 heteroatoms. The molecular formula is C54H101NO8. The topological polar surface area (TPSA) is 149 Å². The molecule has 9 nitrogen and oxygen atoms in total. The maximum absolute atomic E-state index is 13.0. The van der Waals surface area contributed by atoms with Crippen LogP contribution in [0.4, 0.5) is 0 Å². The third-order valence-corrected chi connectivity index (χ3v) is 12.7. The van der Waals surface area contributed by atoms with Crippen LogP contribution in [0, 0.1) is 0 Å². The Morgan fingerprint density at radius 1 is 0.524 bits per heavy atom. The summed E-state index contributed by atoms with van der Waals surface area (Å²) in [6.45, 7) is 3.77. The Balaban J connectivity index is 2.30. The van der Waals surface area contributed by atoms with Crippen molar-refractivity contribution >= 4 is 5.91 Å². The van der Waals surface area contributed by atoms with Gasteiger partial charge in [0, 0.05) is 6.42 Å². The van der Waals surface area contributed by atoms with Gasteiger partial charge in [-0.3, -0.25) is 4.79 Å². The molecule has 1 amide bonds. The largest absolute Gasteiger partial charge is 0.394 e.